The maximum atomic E-state index is 12.0. The van der Waals surface area contributed by atoms with Crippen LogP contribution in [0.5, 0.6) is 11.5 Å². The lowest BCUT2D eigenvalue weighted by Gasteiger charge is -2.11. The fraction of sp³-hybridized carbons (Fsp3) is 0.143. The third kappa shape index (κ3) is 5.53. The predicted octanol–water partition coefficient (Wildman–Crippen LogP) is 6.11. The highest BCUT2D eigenvalue weighted by Crippen LogP contribution is 2.32. The van der Waals surface area contributed by atoms with E-state index in [-0.39, 0.29) is 18.4 Å². The minimum atomic E-state index is -0.315. The first-order chi connectivity index (χ1) is 16.6. The molecule has 2 aromatic heterocycles. The fourth-order valence-corrected chi connectivity index (χ4v) is 3.37. The van der Waals surface area contributed by atoms with Crippen LogP contribution in [0, 0.1) is 0 Å². The number of carbonyl (C=O) groups excluding carboxylic acids is 2. The Morgan fingerprint density at radius 1 is 0.647 bits per heavy atom. The highest BCUT2D eigenvalue weighted by Gasteiger charge is 2.12. The number of hydrogen-bond acceptors (Lipinski definition) is 6. The van der Waals surface area contributed by atoms with Gasteiger partial charge in [0.05, 0.1) is 17.1 Å². The van der Waals surface area contributed by atoms with Crippen LogP contribution in [0.2, 0.25) is 0 Å². The lowest BCUT2D eigenvalue weighted by atomic mass is 10.0. The molecule has 2 aromatic carbocycles. The molecule has 0 amide bonds. The van der Waals surface area contributed by atoms with Gasteiger partial charge in [0.2, 0.25) is 0 Å². The zero-order chi connectivity index (χ0) is 23.9. The van der Waals surface area contributed by atoms with Gasteiger partial charge in [-0.3, -0.25) is 14.6 Å². The number of pyridine rings is 2. The van der Waals surface area contributed by atoms with Crippen LogP contribution in [-0.2, 0) is 9.59 Å². The molecule has 0 fully saturated rings. The van der Waals surface area contributed by atoms with Gasteiger partial charge in [0.1, 0.15) is 11.5 Å². The number of carbonyl (C=O) groups is 2. The van der Waals surface area contributed by atoms with Crippen LogP contribution in [-0.4, -0.2) is 21.9 Å². The van der Waals surface area contributed by atoms with Gasteiger partial charge in [0.15, 0.2) is 0 Å². The minimum Gasteiger partial charge on any atom is -0.427 e. The first-order valence-electron chi connectivity index (χ1n) is 11.1. The fourth-order valence-electron chi connectivity index (χ4n) is 3.37. The molecule has 0 spiro atoms. The van der Waals surface area contributed by atoms with Crippen LogP contribution >= 0.6 is 0 Å². The number of hydrogen-bond donors (Lipinski definition) is 0. The molecule has 0 saturated heterocycles. The van der Waals surface area contributed by atoms with Crippen molar-refractivity contribution in [3.63, 3.8) is 0 Å². The maximum absolute atomic E-state index is 12.0. The van der Waals surface area contributed by atoms with Gasteiger partial charge in [-0.05, 0) is 54.6 Å². The average molecular weight is 453 g/mol. The minimum absolute atomic E-state index is 0.274. The largest absolute Gasteiger partial charge is 0.427 e. The van der Waals surface area contributed by atoms with E-state index >= 15 is 0 Å². The van der Waals surface area contributed by atoms with Crippen molar-refractivity contribution < 1.29 is 19.1 Å². The predicted molar refractivity (Wildman–Crippen MR) is 130 cm³/mol. The summed E-state index contributed by atoms with van der Waals surface area (Å²) in [6.45, 7) is 3.51. The van der Waals surface area contributed by atoms with Crippen molar-refractivity contribution in [1.29, 1.82) is 0 Å². The molecule has 0 aliphatic carbocycles. The standard InChI is InChI=1S/C28H24N2O4/c1-3-27(31)33-22-10-7-9-19(16-22)25-12-8-13-26(30-25)21-15-20(24-11-5-6-14-29-24)17-23(18-21)34-28(32)4-2/h5-18H,3-4H2,1-2H3. The van der Waals surface area contributed by atoms with Crippen LogP contribution < -0.4 is 9.47 Å². The third-order valence-electron chi connectivity index (χ3n) is 5.08. The van der Waals surface area contributed by atoms with E-state index in [2.05, 4.69) is 4.98 Å². The Balaban J connectivity index is 1.74. The highest BCUT2D eigenvalue weighted by atomic mass is 16.5. The van der Waals surface area contributed by atoms with E-state index < -0.39 is 0 Å². The molecular formula is C28H24N2O4. The second-order valence-corrected chi connectivity index (χ2v) is 7.55. The molecule has 6 heteroatoms. The Labute approximate surface area is 198 Å². The Bertz CT molecular complexity index is 1320. The van der Waals surface area contributed by atoms with E-state index in [1.54, 1.807) is 44.3 Å². The quantitative estimate of drug-likeness (QED) is 0.249. The summed E-state index contributed by atoms with van der Waals surface area (Å²) in [4.78, 5) is 32.9. The van der Waals surface area contributed by atoms with Gasteiger partial charge >= 0.3 is 11.9 Å². The summed E-state index contributed by atoms with van der Waals surface area (Å²) >= 11 is 0. The van der Waals surface area contributed by atoms with E-state index in [1.807, 2.05) is 54.6 Å². The van der Waals surface area contributed by atoms with Crippen molar-refractivity contribution in [3.05, 3.63) is 85.1 Å². The second-order valence-electron chi connectivity index (χ2n) is 7.55. The first-order valence-corrected chi connectivity index (χ1v) is 11.1. The van der Waals surface area contributed by atoms with Gasteiger partial charge in [-0.25, -0.2) is 4.98 Å². The summed E-state index contributed by atoms with van der Waals surface area (Å²) in [6, 6.07) is 24.2. The van der Waals surface area contributed by atoms with Crippen LogP contribution in [0.25, 0.3) is 33.8 Å². The molecule has 2 heterocycles. The van der Waals surface area contributed by atoms with Crippen molar-refractivity contribution >= 4 is 11.9 Å². The van der Waals surface area contributed by atoms with Crippen molar-refractivity contribution in [2.45, 2.75) is 26.7 Å². The molecule has 0 radical (unpaired) electrons. The SMILES string of the molecule is CCC(=O)Oc1cccc(-c2cccc(-c3cc(OC(=O)CC)cc(-c4ccccn4)c3)n2)c1. The Morgan fingerprint density at radius 2 is 1.24 bits per heavy atom. The second kappa shape index (κ2) is 10.5. The number of benzene rings is 2. The van der Waals surface area contributed by atoms with Gasteiger partial charge in [-0.2, -0.15) is 0 Å². The Hall–Kier alpha value is -4.32. The van der Waals surface area contributed by atoms with Crippen molar-refractivity contribution in [1.82, 2.24) is 9.97 Å². The summed E-state index contributed by atoms with van der Waals surface area (Å²) in [5, 5.41) is 0. The monoisotopic (exact) mass is 452 g/mol. The summed E-state index contributed by atoms with van der Waals surface area (Å²) in [5.41, 5.74) is 4.62. The normalized spacial score (nSPS) is 10.5. The number of nitrogens with zero attached hydrogens (tertiary/aromatic N) is 2. The topological polar surface area (TPSA) is 78.4 Å². The van der Waals surface area contributed by atoms with E-state index in [0.717, 1.165) is 28.1 Å². The summed E-state index contributed by atoms with van der Waals surface area (Å²) in [5.74, 6) is 0.303. The Morgan fingerprint density at radius 3 is 1.91 bits per heavy atom. The summed E-state index contributed by atoms with van der Waals surface area (Å²) < 4.78 is 10.9. The summed E-state index contributed by atoms with van der Waals surface area (Å²) in [7, 11) is 0. The number of esters is 2. The van der Waals surface area contributed by atoms with E-state index in [4.69, 9.17) is 14.5 Å². The Kier molecular flexibility index (Phi) is 7.08. The van der Waals surface area contributed by atoms with Gasteiger partial charge in [-0.1, -0.05) is 38.1 Å². The van der Waals surface area contributed by atoms with Crippen molar-refractivity contribution in [2.75, 3.05) is 0 Å². The molecule has 0 aliphatic heterocycles. The molecule has 4 aromatic rings. The van der Waals surface area contributed by atoms with Crippen molar-refractivity contribution in [3.8, 4) is 45.3 Å². The summed E-state index contributed by atoms with van der Waals surface area (Å²) in [6.07, 6.45) is 2.29. The first kappa shape index (κ1) is 22.9. The lowest BCUT2D eigenvalue weighted by molar-refractivity contribution is -0.134. The molecule has 0 N–H and O–H groups in total. The van der Waals surface area contributed by atoms with Gasteiger partial charge in [0.25, 0.3) is 0 Å². The highest BCUT2D eigenvalue weighted by molar-refractivity contribution is 5.77. The maximum Gasteiger partial charge on any atom is 0.310 e. The zero-order valence-corrected chi connectivity index (χ0v) is 19.0. The van der Waals surface area contributed by atoms with E-state index in [9.17, 15) is 9.59 Å². The van der Waals surface area contributed by atoms with Crippen LogP contribution in [0.4, 0.5) is 0 Å². The van der Waals surface area contributed by atoms with Crippen LogP contribution in [0.3, 0.4) is 0 Å². The van der Waals surface area contributed by atoms with Gasteiger partial charge in [-0.15, -0.1) is 0 Å². The van der Waals surface area contributed by atoms with Gasteiger partial charge < -0.3 is 9.47 Å². The lowest BCUT2D eigenvalue weighted by Crippen LogP contribution is -2.06. The average Bonchev–Trinajstić information content (AvgIpc) is 2.89. The molecule has 0 bridgehead atoms. The molecule has 4 rings (SSSR count). The molecule has 0 saturated carbocycles. The van der Waals surface area contributed by atoms with E-state index in [1.165, 1.54) is 0 Å². The molecule has 0 unspecified atom stereocenters. The molecule has 0 aliphatic rings. The number of rotatable bonds is 7. The zero-order valence-electron chi connectivity index (χ0n) is 19.0. The molecular weight excluding hydrogens is 428 g/mol. The number of aromatic nitrogens is 2. The van der Waals surface area contributed by atoms with Gasteiger partial charge in [0, 0.05) is 35.7 Å². The van der Waals surface area contributed by atoms with Crippen LogP contribution in [0.1, 0.15) is 26.7 Å². The molecule has 34 heavy (non-hydrogen) atoms. The van der Waals surface area contributed by atoms with Crippen molar-refractivity contribution in [2.24, 2.45) is 0 Å². The third-order valence-corrected chi connectivity index (χ3v) is 5.08. The molecule has 0 atom stereocenters. The van der Waals surface area contributed by atoms with E-state index in [0.29, 0.717) is 23.6 Å². The smallest absolute Gasteiger partial charge is 0.310 e. The van der Waals surface area contributed by atoms with Crippen LogP contribution in [0.15, 0.2) is 85.1 Å². The molecule has 6 nitrogen and oxygen atoms in total. The molecule has 170 valence electrons. The number of ether oxygens (including phenoxy) is 2.